The Morgan fingerprint density at radius 2 is 1.32 bits per heavy atom. The average Bonchev–Trinajstić information content (AvgIpc) is 2.71. The van der Waals surface area contributed by atoms with Gasteiger partial charge in [0.05, 0.1) is 19.1 Å². The number of rotatable bonds is 6. The molecule has 2 radical (unpaired) electrons. The third-order valence-corrected chi connectivity index (χ3v) is 5.49. The molecule has 248 valence electrons. The van der Waals surface area contributed by atoms with Gasteiger partial charge in [0.2, 0.25) is 10.0 Å². The molecule has 0 spiro atoms. The van der Waals surface area contributed by atoms with Gasteiger partial charge in [-0.1, -0.05) is 45.1 Å². The molecule has 0 aliphatic heterocycles. The van der Waals surface area contributed by atoms with Crippen molar-refractivity contribution in [1.29, 1.82) is 0 Å². The number of aromatic nitrogens is 2. The maximum Gasteiger partial charge on any atom is 0.332 e. The van der Waals surface area contributed by atoms with Crippen LogP contribution in [0.2, 0.25) is 0 Å². The van der Waals surface area contributed by atoms with Crippen molar-refractivity contribution in [3.63, 3.8) is 0 Å². The van der Waals surface area contributed by atoms with E-state index in [9.17, 15) is 18.0 Å². The van der Waals surface area contributed by atoms with Crippen molar-refractivity contribution in [2.75, 3.05) is 18.1 Å². The molecule has 2 aromatic carbocycles. The first-order valence-corrected chi connectivity index (χ1v) is 12.1. The van der Waals surface area contributed by atoms with Crippen LogP contribution in [0.3, 0.4) is 0 Å². The SMILES string of the molecule is COc1c(C=Cc2ccc(NS(C)(=O)=O)cc2)cc(-n2ccc(=O)[nH]c2=O)cc1C(C)(C)C.O.O.O.O.O.O.O.O.O.[Na].[Na]. The molecule has 3 aromatic rings. The first kappa shape index (κ1) is 64.9. The van der Waals surface area contributed by atoms with E-state index in [-0.39, 0.29) is 114 Å². The standard InChI is InChI=1S/C24H27N3O5S.2Na.9H2O/c1-24(2,3)20-15-19(27-13-12-21(28)25-23(27)29)14-17(22(20)32-4)9-6-16-7-10-18(11-8-16)26-33(5,30)31;;;;;;;;;;;/h6-15,26H,1-5H3,(H,25,28,29);;;9*1H2. The van der Waals surface area contributed by atoms with Crippen LogP contribution in [0.25, 0.3) is 17.8 Å². The van der Waals surface area contributed by atoms with Gasteiger partial charge >= 0.3 is 5.69 Å². The predicted molar refractivity (Wildman–Crippen MR) is 176 cm³/mol. The van der Waals surface area contributed by atoms with Gasteiger partial charge in [0.15, 0.2) is 0 Å². The fourth-order valence-corrected chi connectivity index (χ4v) is 3.93. The number of hydrogen-bond acceptors (Lipinski definition) is 5. The Hall–Kier alpha value is -1.95. The summed E-state index contributed by atoms with van der Waals surface area (Å²) in [5.74, 6) is 0.676. The second-order valence-corrected chi connectivity index (χ2v) is 10.4. The molecule has 0 amide bonds. The molecule has 3 rings (SSSR count). The van der Waals surface area contributed by atoms with Crippen LogP contribution >= 0.6 is 0 Å². The minimum Gasteiger partial charge on any atom is -0.496 e. The Morgan fingerprint density at radius 3 is 1.73 bits per heavy atom. The molecule has 1 heterocycles. The summed E-state index contributed by atoms with van der Waals surface area (Å²) in [7, 11) is -1.75. The molecule has 20 heteroatoms. The quantitative estimate of drug-likeness (QED) is 0.191. The van der Waals surface area contributed by atoms with Crippen molar-refractivity contribution >= 4 is 87.0 Å². The first-order valence-electron chi connectivity index (χ1n) is 10.2. The molecule has 0 bridgehead atoms. The van der Waals surface area contributed by atoms with E-state index in [0.29, 0.717) is 17.1 Å². The topological polar surface area (TPSA) is 394 Å². The Bertz CT molecular complexity index is 1440. The van der Waals surface area contributed by atoms with E-state index in [1.165, 1.54) is 16.8 Å². The molecule has 0 aliphatic rings. The minimum atomic E-state index is -3.34. The van der Waals surface area contributed by atoms with Gasteiger partial charge in [0, 0.05) is 88.2 Å². The first-order chi connectivity index (χ1) is 15.4. The van der Waals surface area contributed by atoms with Gasteiger partial charge in [-0.3, -0.25) is 19.1 Å². The number of methoxy groups -OCH3 is 1. The molecular formula is C24H45N3Na2O14S. The molecular weight excluding hydrogens is 632 g/mol. The molecule has 0 atom stereocenters. The van der Waals surface area contributed by atoms with Crippen molar-refractivity contribution in [2.45, 2.75) is 26.2 Å². The summed E-state index contributed by atoms with van der Waals surface area (Å²) < 4.78 is 32.3. The zero-order chi connectivity index (χ0) is 24.4. The van der Waals surface area contributed by atoms with Crippen molar-refractivity contribution < 1.29 is 62.4 Å². The van der Waals surface area contributed by atoms with Gasteiger partial charge < -0.3 is 54.0 Å². The number of ether oxygens (including phenoxy) is 1. The number of sulfonamides is 1. The van der Waals surface area contributed by atoms with Crippen molar-refractivity contribution in [3.05, 3.63) is 86.2 Å². The van der Waals surface area contributed by atoms with Gasteiger partial charge in [-0.2, -0.15) is 0 Å². The predicted octanol–water partition coefficient (Wildman–Crippen LogP) is -4.81. The summed E-state index contributed by atoms with van der Waals surface area (Å²) in [5.41, 5.74) is 2.28. The Kier molecular flexibility index (Phi) is 38.8. The summed E-state index contributed by atoms with van der Waals surface area (Å²) in [6.07, 6.45) is 6.28. The van der Waals surface area contributed by atoms with Crippen LogP contribution in [0.4, 0.5) is 5.69 Å². The van der Waals surface area contributed by atoms with Gasteiger partial charge in [-0.25, -0.2) is 13.2 Å². The third kappa shape index (κ3) is 17.5. The van der Waals surface area contributed by atoms with Gasteiger partial charge in [-0.05, 0) is 35.2 Å². The van der Waals surface area contributed by atoms with E-state index in [1.807, 2.05) is 45.1 Å². The zero-order valence-electron chi connectivity index (χ0n) is 25.7. The largest absolute Gasteiger partial charge is 0.496 e. The number of benzene rings is 2. The van der Waals surface area contributed by atoms with E-state index in [2.05, 4.69) is 9.71 Å². The van der Waals surface area contributed by atoms with Crippen LogP contribution in [0, 0.1) is 0 Å². The van der Waals surface area contributed by atoms with E-state index >= 15 is 0 Å². The summed E-state index contributed by atoms with van der Waals surface area (Å²) in [4.78, 5) is 26.2. The van der Waals surface area contributed by atoms with Crippen molar-refractivity contribution in [2.24, 2.45) is 0 Å². The smallest absolute Gasteiger partial charge is 0.332 e. The second kappa shape index (κ2) is 26.3. The molecule has 1 aromatic heterocycles. The molecule has 17 nitrogen and oxygen atoms in total. The number of nitrogens with zero attached hydrogens (tertiary/aromatic N) is 1. The van der Waals surface area contributed by atoms with E-state index in [4.69, 9.17) is 4.74 Å². The van der Waals surface area contributed by atoms with E-state index in [1.54, 1.807) is 31.4 Å². The third-order valence-electron chi connectivity index (χ3n) is 4.89. The number of hydrogen-bond donors (Lipinski definition) is 2. The summed E-state index contributed by atoms with van der Waals surface area (Å²) in [5, 5.41) is 0. The molecule has 0 saturated carbocycles. The fraction of sp³-hybridized carbons (Fsp3) is 0.250. The van der Waals surface area contributed by atoms with E-state index in [0.717, 1.165) is 22.9 Å². The Morgan fingerprint density at radius 1 is 0.818 bits per heavy atom. The van der Waals surface area contributed by atoms with Crippen LogP contribution < -0.4 is 20.7 Å². The maximum atomic E-state index is 12.4. The number of aromatic amines is 1. The summed E-state index contributed by atoms with van der Waals surface area (Å²) in [6, 6.07) is 11.9. The van der Waals surface area contributed by atoms with Crippen LogP contribution in [0.5, 0.6) is 5.75 Å². The number of H-pyrrole nitrogens is 1. The van der Waals surface area contributed by atoms with Crippen molar-refractivity contribution in [1.82, 2.24) is 9.55 Å². The van der Waals surface area contributed by atoms with Crippen LogP contribution in [-0.4, -0.2) is 140 Å². The monoisotopic (exact) mass is 677 g/mol. The van der Waals surface area contributed by atoms with Gasteiger partial charge in [0.1, 0.15) is 5.75 Å². The van der Waals surface area contributed by atoms with Crippen molar-refractivity contribution in [3.8, 4) is 11.4 Å². The molecule has 0 saturated heterocycles. The van der Waals surface area contributed by atoms with Crippen LogP contribution in [0.15, 0.2) is 58.3 Å². The van der Waals surface area contributed by atoms with Gasteiger partial charge in [-0.15, -0.1) is 0 Å². The fourth-order valence-electron chi connectivity index (χ4n) is 3.37. The molecule has 20 N–H and O–H groups in total. The normalized spacial score (nSPS) is 9.11. The molecule has 0 aliphatic carbocycles. The minimum absolute atomic E-state index is 0. The number of anilines is 1. The molecule has 44 heavy (non-hydrogen) atoms. The van der Waals surface area contributed by atoms with Crippen LogP contribution in [-0.2, 0) is 15.4 Å². The molecule has 0 unspecified atom stereocenters. The van der Waals surface area contributed by atoms with E-state index < -0.39 is 21.3 Å². The van der Waals surface area contributed by atoms with Crippen LogP contribution in [0.1, 0.15) is 37.5 Å². The zero-order valence-corrected chi connectivity index (χ0v) is 30.5. The summed E-state index contributed by atoms with van der Waals surface area (Å²) >= 11 is 0. The average molecular weight is 678 g/mol. The maximum absolute atomic E-state index is 12.4. The second-order valence-electron chi connectivity index (χ2n) is 8.68. The Labute approximate surface area is 298 Å². The van der Waals surface area contributed by atoms with Gasteiger partial charge in [0.25, 0.3) is 5.56 Å². The Balaban J connectivity index is -0.000000159. The molecule has 0 fully saturated rings. The summed E-state index contributed by atoms with van der Waals surface area (Å²) in [6.45, 7) is 6.14. The number of nitrogens with one attached hydrogen (secondary N) is 2.